The van der Waals surface area contributed by atoms with Crippen molar-refractivity contribution in [2.24, 2.45) is 5.92 Å². The van der Waals surface area contributed by atoms with Gasteiger partial charge in [-0.25, -0.2) is 0 Å². The molecule has 18 heavy (non-hydrogen) atoms. The maximum absolute atomic E-state index is 5.89. The first-order valence-electron chi connectivity index (χ1n) is 7.31. The smallest absolute Gasteiger partial charge is 0.0723 e. The summed E-state index contributed by atoms with van der Waals surface area (Å²) in [5.41, 5.74) is 0.147. The van der Waals surface area contributed by atoms with Gasteiger partial charge < -0.3 is 14.8 Å². The van der Waals surface area contributed by atoms with E-state index in [1.165, 1.54) is 6.42 Å². The van der Waals surface area contributed by atoms with Crippen molar-refractivity contribution in [3.05, 3.63) is 0 Å². The SMILES string of the molecule is CCCCOCCOC(CNC(C)(C)C)C(C)C. The number of unbranched alkanes of at least 4 members (excludes halogenated alkanes) is 1. The van der Waals surface area contributed by atoms with Crippen LogP contribution < -0.4 is 5.32 Å². The zero-order chi connectivity index (χ0) is 14.0. The summed E-state index contributed by atoms with van der Waals surface area (Å²) < 4.78 is 11.4. The van der Waals surface area contributed by atoms with Crippen LogP contribution in [0.1, 0.15) is 54.4 Å². The van der Waals surface area contributed by atoms with Gasteiger partial charge in [0.2, 0.25) is 0 Å². The Morgan fingerprint density at radius 1 is 1.06 bits per heavy atom. The fourth-order valence-corrected chi connectivity index (χ4v) is 1.50. The van der Waals surface area contributed by atoms with Gasteiger partial charge in [0.25, 0.3) is 0 Å². The highest BCUT2D eigenvalue weighted by atomic mass is 16.5. The molecule has 0 radical (unpaired) electrons. The first-order valence-corrected chi connectivity index (χ1v) is 7.31. The van der Waals surface area contributed by atoms with Crippen LogP contribution >= 0.6 is 0 Å². The molecule has 3 heteroatoms. The van der Waals surface area contributed by atoms with Gasteiger partial charge in [-0.3, -0.25) is 0 Å². The van der Waals surface area contributed by atoms with Gasteiger partial charge in [-0.05, 0) is 33.1 Å². The molecule has 0 heterocycles. The van der Waals surface area contributed by atoms with E-state index in [2.05, 4.69) is 46.9 Å². The Balaban J connectivity index is 3.71. The van der Waals surface area contributed by atoms with Crippen molar-refractivity contribution in [2.75, 3.05) is 26.4 Å². The monoisotopic (exact) mass is 259 g/mol. The molecule has 0 aliphatic rings. The van der Waals surface area contributed by atoms with Crippen LogP contribution in [0.25, 0.3) is 0 Å². The van der Waals surface area contributed by atoms with Gasteiger partial charge in [-0.15, -0.1) is 0 Å². The molecule has 0 saturated carbocycles. The Morgan fingerprint density at radius 2 is 1.72 bits per heavy atom. The average molecular weight is 259 g/mol. The van der Waals surface area contributed by atoms with E-state index in [0.29, 0.717) is 19.1 Å². The van der Waals surface area contributed by atoms with E-state index in [0.717, 1.165) is 19.6 Å². The molecule has 110 valence electrons. The Morgan fingerprint density at radius 3 is 2.22 bits per heavy atom. The van der Waals surface area contributed by atoms with Gasteiger partial charge in [0.05, 0.1) is 19.3 Å². The zero-order valence-corrected chi connectivity index (χ0v) is 13.2. The number of nitrogens with one attached hydrogen (secondary N) is 1. The molecule has 0 aromatic heterocycles. The largest absolute Gasteiger partial charge is 0.379 e. The van der Waals surface area contributed by atoms with Crippen LogP contribution in [0.15, 0.2) is 0 Å². The van der Waals surface area contributed by atoms with Crippen LogP contribution in [0.4, 0.5) is 0 Å². The Labute approximate surface area is 114 Å². The summed E-state index contributed by atoms with van der Waals surface area (Å²) in [7, 11) is 0. The molecular weight excluding hydrogens is 226 g/mol. The molecule has 0 spiro atoms. The molecule has 0 aromatic carbocycles. The number of ether oxygens (including phenoxy) is 2. The highest BCUT2D eigenvalue weighted by Crippen LogP contribution is 2.08. The maximum atomic E-state index is 5.89. The fourth-order valence-electron chi connectivity index (χ4n) is 1.50. The lowest BCUT2D eigenvalue weighted by Gasteiger charge is -2.27. The van der Waals surface area contributed by atoms with Crippen LogP contribution in [-0.4, -0.2) is 38.0 Å². The Kier molecular flexibility index (Phi) is 9.70. The van der Waals surface area contributed by atoms with E-state index in [1.54, 1.807) is 0 Å². The van der Waals surface area contributed by atoms with E-state index < -0.39 is 0 Å². The first kappa shape index (κ1) is 17.9. The summed E-state index contributed by atoms with van der Waals surface area (Å²) in [5, 5.41) is 3.50. The summed E-state index contributed by atoms with van der Waals surface area (Å²) >= 11 is 0. The van der Waals surface area contributed by atoms with Crippen molar-refractivity contribution in [3.63, 3.8) is 0 Å². The molecule has 0 aliphatic heterocycles. The molecule has 0 bridgehead atoms. The van der Waals surface area contributed by atoms with Crippen LogP contribution in [0.2, 0.25) is 0 Å². The van der Waals surface area contributed by atoms with Crippen molar-refractivity contribution in [2.45, 2.75) is 66.0 Å². The first-order chi connectivity index (χ1) is 8.37. The Bertz CT molecular complexity index is 187. The van der Waals surface area contributed by atoms with E-state index >= 15 is 0 Å². The second kappa shape index (κ2) is 9.76. The lowest BCUT2D eigenvalue weighted by Crippen LogP contribution is -2.43. The number of hydrogen-bond donors (Lipinski definition) is 1. The third kappa shape index (κ3) is 11.0. The standard InChI is InChI=1S/C15H33NO2/c1-7-8-9-17-10-11-18-14(13(2)3)12-16-15(4,5)6/h13-14,16H,7-12H2,1-6H3. The van der Waals surface area contributed by atoms with Crippen LogP contribution in [0, 0.1) is 5.92 Å². The molecule has 0 fully saturated rings. The maximum Gasteiger partial charge on any atom is 0.0723 e. The lowest BCUT2D eigenvalue weighted by atomic mass is 10.0. The van der Waals surface area contributed by atoms with E-state index in [1.807, 2.05) is 0 Å². The predicted octanol–water partition coefficient (Wildman–Crippen LogP) is 3.23. The van der Waals surface area contributed by atoms with Crippen LogP contribution in [0.3, 0.4) is 0 Å². The minimum Gasteiger partial charge on any atom is -0.379 e. The zero-order valence-electron chi connectivity index (χ0n) is 13.2. The summed E-state index contributed by atoms with van der Waals surface area (Å²) in [6, 6.07) is 0. The second-order valence-corrected chi connectivity index (χ2v) is 6.25. The molecule has 1 atom stereocenters. The number of hydrogen-bond acceptors (Lipinski definition) is 3. The molecule has 0 aliphatic carbocycles. The molecule has 0 aromatic rings. The quantitative estimate of drug-likeness (QED) is 0.611. The van der Waals surface area contributed by atoms with Gasteiger partial charge in [-0.2, -0.15) is 0 Å². The third-order valence-electron chi connectivity index (χ3n) is 2.78. The Hall–Kier alpha value is -0.120. The van der Waals surface area contributed by atoms with E-state index in [9.17, 15) is 0 Å². The minimum absolute atomic E-state index is 0.147. The molecule has 1 N–H and O–H groups in total. The molecule has 3 nitrogen and oxygen atoms in total. The molecular formula is C15H33NO2. The highest BCUT2D eigenvalue weighted by Gasteiger charge is 2.17. The minimum atomic E-state index is 0.147. The second-order valence-electron chi connectivity index (χ2n) is 6.25. The highest BCUT2D eigenvalue weighted by molar-refractivity contribution is 4.75. The van der Waals surface area contributed by atoms with Crippen molar-refractivity contribution in [1.82, 2.24) is 5.32 Å². The van der Waals surface area contributed by atoms with E-state index in [-0.39, 0.29) is 11.6 Å². The van der Waals surface area contributed by atoms with Gasteiger partial charge in [0, 0.05) is 18.7 Å². The summed E-state index contributed by atoms with van der Waals surface area (Å²) in [6.45, 7) is 16.3. The molecule has 0 rings (SSSR count). The van der Waals surface area contributed by atoms with E-state index in [4.69, 9.17) is 9.47 Å². The lowest BCUT2D eigenvalue weighted by molar-refractivity contribution is -0.0166. The van der Waals surface area contributed by atoms with Crippen molar-refractivity contribution in [3.8, 4) is 0 Å². The van der Waals surface area contributed by atoms with Crippen LogP contribution in [0.5, 0.6) is 0 Å². The molecule has 1 unspecified atom stereocenters. The van der Waals surface area contributed by atoms with Crippen molar-refractivity contribution in [1.29, 1.82) is 0 Å². The van der Waals surface area contributed by atoms with Gasteiger partial charge >= 0.3 is 0 Å². The molecule has 0 saturated heterocycles. The predicted molar refractivity (Wildman–Crippen MR) is 78.1 cm³/mol. The van der Waals surface area contributed by atoms with Gasteiger partial charge in [-0.1, -0.05) is 27.2 Å². The topological polar surface area (TPSA) is 30.5 Å². The van der Waals surface area contributed by atoms with Crippen LogP contribution in [-0.2, 0) is 9.47 Å². The van der Waals surface area contributed by atoms with Gasteiger partial charge in [0.1, 0.15) is 0 Å². The fraction of sp³-hybridized carbons (Fsp3) is 1.00. The van der Waals surface area contributed by atoms with Crippen molar-refractivity contribution >= 4 is 0 Å². The summed E-state index contributed by atoms with van der Waals surface area (Å²) in [4.78, 5) is 0. The average Bonchev–Trinajstić information content (AvgIpc) is 2.25. The summed E-state index contributed by atoms with van der Waals surface area (Å²) in [6.07, 6.45) is 2.59. The summed E-state index contributed by atoms with van der Waals surface area (Å²) in [5.74, 6) is 0.524. The number of rotatable bonds is 10. The third-order valence-corrected chi connectivity index (χ3v) is 2.78. The van der Waals surface area contributed by atoms with Gasteiger partial charge in [0.15, 0.2) is 0 Å². The molecule has 0 amide bonds. The van der Waals surface area contributed by atoms with Crippen molar-refractivity contribution < 1.29 is 9.47 Å². The normalized spacial score (nSPS) is 14.2.